The first-order valence-corrected chi connectivity index (χ1v) is 8.07. The summed E-state index contributed by atoms with van der Waals surface area (Å²) < 4.78 is 25.5. The van der Waals surface area contributed by atoms with Crippen molar-refractivity contribution in [3.8, 4) is 6.07 Å². The van der Waals surface area contributed by atoms with Crippen molar-refractivity contribution < 1.29 is 8.42 Å². The van der Waals surface area contributed by atoms with Crippen molar-refractivity contribution in [3.63, 3.8) is 0 Å². The molecular weight excluding hydrogens is 260 g/mol. The molecule has 0 N–H and O–H groups in total. The van der Waals surface area contributed by atoms with Crippen molar-refractivity contribution in [2.24, 2.45) is 0 Å². The van der Waals surface area contributed by atoms with E-state index in [1.54, 1.807) is 6.92 Å². The van der Waals surface area contributed by atoms with Gasteiger partial charge in [-0.3, -0.25) is 0 Å². The molecule has 1 rings (SSSR count). The molecule has 0 bridgehead atoms. The first kappa shape index (κ1) is 15.7. The highest BCUT2D eigenvalue weighted by Gasteiger charge is 2.20. The van der Waals surface area contributed by atoms with Crippen LogP contribution < -0.4 is 0 Å². The highest BCUT2D eigenvalue weighted by atomic mass is 32.2. The molecule has 0 aromatic heterocycles. The molecule has 0 amide bonds. The lowest BCUT2D eigenvalue weighted by Crippen LogP contribution is -2.32. The predicted octanol–water partition coefficient (Wildman–Crippen LogP) is 2.31. The molecule has 0 aliphatic carbocycles. The van der Waals surface area contributed by atoms with E-state index >= 15 is 0 Å². The summed E-state index contributed by atoms with van der Waals surface area (Å²) >= 11 is 0. The monoisotopic (exact) mass is 280 g/mol. The van der Waals surface area contributed by atoms with Crippen LogP contribution in [0.1, 0.15) is 31.4 Å². The Bertz CT molecular complexity index is 547. The van der Waals surface area contributed by atoms with Gasteiger partial charge in [0.1, 0.15) is 6.54 Å². The van der Waals surface area contributed by atoms with E-state index in [9.17, 15) is 8.42 Å². The average Bonchev–Trinajstić information content (AvgIpc) is 2.36. The Morgan fingerprint density at radius 3 is 2.53 bits per heavy atom. The van der Waals surface area contributed by atoms with Gasteiger partial charge >= 0.3 is 0 Å². The van der Waals surface area contributed by atoms with E-state index in [4.69, 9.17) is 5.26 Å². The third kappa shape index (κ3) is 4.66. The second-order valence-electron chi connectivity index (χ2n) is 4.41. The summed E-state index contributed by atoms with van der Waals surface area (Å²) in [6, 6.07) is 9.53. The highest BCUT2D eigenvalue weighted by molar-refractivity contribution is 7.88. The normalized spacial score (nSPS) is 11.5. The minimum absolute atomic E-state index is 0.0416. The molecule has 1 aromatic rings. The average molecular weight is 280 g/mol. The Morgan fingerprint density at radius 1 is 1.26 bits per heavy atom. The van der Waals surface area contributed by atoms with Crippen LogP contribution in [0.25, 0.3) is 0 Å². The van der Waals surface area contributed by atoms with Crippen LogP contribution in [0.4, 0.5) is 0 Å². The van der Waals surface area contributed by atoms with E-state index in [0.717, 1.165) is 24.0 Å². The molecule has 0 heterocycles. The van der Waals surface area contributed by atoms with E-state index in [0.29, 0.717) is 6.54 Å². The number of hydrogen-bond acceptors (Lipinski definition) is 3. The lowest BCUT2D eigenvalue weighted by molar-refractivity contribution is 0.462. The van der Waals surface area contributed by atoms with Crippen LogP contribution in [0.5, 0.6) is 0 Å². The zero-order valence-corrected chi connectivity index (χ0v) is 12.3. The molecule has 0 aliphatic rings. The number of rotatable bonds is 7. The molecule has 0 saturated carbocycles. The third-order valence-electron chi connectivity index (χ3n) is 2.87. The van der Waals surface area contributed by atoms with Gasteiger partial charge in [0.05, 0.1) is 11.8 Å². The Kier molecular flexibility index (Phi) is 6.00. The van der Waals surface area contributed by atoms with E-state index < -0.39 is 10.0 Å². The van der Waals surface area contributed by atoms with Gasteiger partial charge in [-0.15, -0.1) is 0 Å². The maximum atomic E-state index is 12.2. The van der Waals surface area contributed by atoms with Gasteiger partial charge in [0.2, 0.25) is 10.0 Å². The van der Waals surface area contributed by atoms with Gasteiger partial charge in [0.15, 0.2) is 0 Å². The molecule has 0 saturated heterocycles. The molecule has 5 heteroatoms. The molecule has 0 atom stereocenters. The van der Waals surface area contributed by atoms with Crippen LogP contribution >= 0.6 is 0 Å². The van der Waals surface area contributed by atoms with Gasteiger partial charge in [0.25, 0.3) is 0 Å². The predicted molar refractivity (Wildman–Crippen MR) is 75.9 cm³/mol. The Morgan fingerprint density at radius 2 is 1.95 bits per heavy atom. The van der Waals surface area contributed by atoms with E-state index in [1.165, 1.54) is 4.31 Å². The third-order valence-corrected chi connectivity index (χ3v) is 4.74. The number of nitrogens with zero attached hydrogens (tertiary/aromatic N) is 2. The van der Waals surface area contributed by atoms with Crippen LogP contribution in [0.2, 0.25) is 0 Å². The summed E-state index contributed by atoms with van der Waals surface area (Å²) in [7, 11) is -3.41. The van der Waals surface area contributed by atoms with Crippen molar-refractivity contribution >= 4 is 10.0 Å². The maximum Gasteiger partial charge on any atom is 0.219 e. The van der Waals surface area contributed by atoms with Gasteiger partial charge in [-0.25, -0.2) is 8.42 Å². The van der Waals surface area contributed by atoms with Crippen LogP contribution in [0.15, 0.2) is 24.3 Å². The maximum absolute atomic E-state index is 12.2. The fourth-order valence-electron chi connectivity index (χ4n) is 1.95. The van der Waals surface area contributed by atoms with Gasteiger partial charge in [-0.1, -0.05) is 44.5 Å². The smallest absolute Gasteiger partial charge is 0.212 e. The van der Waals surface area contributed by atoms with E-state index in [1.807, 2.05) is 30.3 Å². The minimum Gasteiger partial charge on any atom is -0.212 e. The van der Waals surface area contributed by atoms with Crippen molar-refractivity contribution in [1.29, 1.82) is 5.26 Å². The Labute approximate surface area is 115 Å². The molecule has 0 spiro atoms. The lowest BCUT2D eigenvalue weighted by atomic mass is 10.1. The summed E-state index contributed by atoms with van der Waals surface area (Å²) in [6.07, 6.45) is 1.98. The molecule has 1 aromatic carbocycles. The second kappa shape index (κ2) is 7.27. The second-order valence-corrected chi connectivity index (χ2v) is 6.38. The Balaban J connectivity index is 2.88. The summed E-state index contributed by atoms with van der Waals surface area (Å²) in [5.41, 5.74) is 1.93. The Hall–Kier alpha value is -1.38. The van der Waals surface area contributed by atoms with Crippen molar-refractivity contribution in [2.45, 2.75) is 32.4 Å². The largest absolute Gasteiger partial charge is 0.219 e. The van der Waals surface area contributed by atoms with Gasteiger partial charge in [-0.2, -0.15) is 9.57 Å². The molecule has 0 fully saturated rings. The molecule has 0 aliphatic heterocycles. The molecular formula is C14H20N2O2S. The van der Waals surface area contributed by atoms with Gasteiger partial charge in [0, 0.05) is 6.54 Å². The summed E-state index contributed by atoms with van der Waals surface area (Å²) in [5.74, 6) is -0.0416. The van der Waals surface area contributed by atoms with Crippen LogP contribution in [0, 0.1) is 11.3 Å². The van der Waals surface area contributed by atoms with E-state index in [-0.39, 0.29) is 12.3 Å². The summed E-state index contributed by atoms with van der Waals surface area (Å²) in [6.45, 7) is 4.07. The highest BCUT2D eigenvalue weighted by Crippen LogP contribution is 2.13. The molecule has 104 valence electrons. The minimum atomic E-state index is -3.41. The van der Waals surface area contributed by atoms with Gasteiger partial charge < -0.3 is 0 Å². The van der Waals surface area contributed by atoms with Crippen molar-refractivity contribution in [3.05, 3.63) is 35.4 Å². The number of benzene rings is 1. The quantitative estimate of drug-likeness (QED) is 0.720. The fraction of sp³-hybridized carbons (Fsp3) is 0.500. The van der Waals surface area contributed by atoms with Crippen LogP contribution in [-0.2, 0) is 22.2 Å². The topological polar surface area (TPSA) is 61.2 Å². The molecule has 0 unspecified atom stereocenters. The molecule has 4 nitrogen and oxygen atoms in total. The van der Waals surface area contributed by atoms with E-state index in [2.05, 4.69) is 6.92 Å². The molecule has 0 radical (unpaired) electrons. The first-order valence-electron chi connectivity index (χ1n) is 6.46. The first-order chi connectivity index (χ1) is 9.03. The molecule has 19 heavy (non-hydrogen) atoms. The fourth-order valence-corrected chi connectivity index (χ4v) is 3.38. The SMILES string of the molecule is CCCc1cccc(CS(=O)(=O)N(CC)CC#N)c1. The number of aryl methyl sites for hydroxylation is 1. The standard InChI is InChI=1S/C14H20N2O2S/c1-3-6-13-7-5-8-14(11-13)12-19(17,18)16(4-2)10-9-15/h5,7-8,11H,3-4,6,10,12H2,1-2H3. The lowest BCUT2D eigenvalue weighted by Gasteiger charge is -2.17. The van der Waals surface area contributed by atoms with Gasteiger partial charge in [-0.05, 0) is 17.5 Å². The van der Waals surface area contributed by atoms with Crippen molar-refractivity contribution in [1.82, 2.24) is 4.31 Å². The zero-order valence-electron chi connectivity index (χ0n) is 11.5. The number of nitriles is 1. The zero-order chi connectivity index (χ0) is 14.3. The number of hydrogen-bond donors (Lipinski definition) is 0. The number of sulfonamides is 1. The van der Waals surface area contributed by atoms with Crippen molar-refractivity contribution in [2.75, 3.05) is 13.1 Å². The van der Waals surface area contributed by atoms with Crippen LogP contribution in [0.3, 0.4) is 0 Å². The summed E-state index contributed by atoms with van der Waals surface area (Å²) in [4.78, 5) is 0. The van der Waals surface area contributed by atoms with Crippen LogP contribution in [-0.4, -0.2) is 25.8 Å². The summed E-state index contributed by atoms with van der Waals surface area (Å²) in [5, 5.41) is 8.66.